The average molecular weight is 414 g/mol. The van der Waals surface area contributed by atoms with Gasteiger partial charge in [-0.2, -0.15) is 0 Å². The van der Waals surface area contributed by atoms with Gasteiger partial charge < -0.3 is 9.80 Å². The Labute approximate surface area is 182 Å². The normalized spacial score (nSPS) is 19.4. The number of amides is 2. The molecule has 2 aliphatic heterocycles. The van der Waals surface area contributed by atoms with E-state index in [9.17, 15) is 9.59 Å². The number of carbonyl (C=O) groups excluding carboxylic acids is 2. The zero-order valence-electron chi connectivity index (χ0n) is 19.5. The molecule has 0 unspecified atom stereocenters. The molecule has 0 aliphatic carbocycles. The van der Waals surface area contributed by atoms with E-state index < -0.39 is 0 Å². The number of piperazine rings is 1. The minimum atomic E-state index is -0.345. The van der Waals surface area contributed by atoms with Crippen LogP contribution in [0.15, 0.2) is 24.3 Å². The molecule has 3 rings (SSSR count). The van der Waals surface area contributed by atoms with Crippen LogP contribution in [0.2, 0.25) is 0 Å². The van der Waals surface area contributed by atoms with Crippen LogP contribution in [0, 0.1) is 11.3 Å². The predicted octanol–water partition coefficient (Wildman–Crippen LogP) is 3.74. The van der Waals surface area contributed by atoms with Crippen LogP contribution in [-0.2, 0) is 16.1 Å². The molecule has 0 radical (unpaired) electrons. The average Bonchev–Trinajstić information content (AvgIpc) is 2.73. The smallest absolute Gasteiger partial charge is 0.227 e. The molecule has 2 saturated heterocycles. The number of rotatable bonds is 4. The fourth-order valence-electron chi connectivity index (χ4n) is 4.45. The second-order valence-corrected chi connectivity index (χ2v) is 10.3. The van der Waals surface area contributed by atoms with Crippen LogP contribution >= 0.6 is 0 Å². The second-order valence-electron chi connectivity index (χ2n) is 10.3. The molecule has 0 atom stereocenters. The van der Waals surface area contributed by atoms with Gasteiger partial charge in [0, 0.05) is 57.1 Å². The highest BCUT2D eigenvalue weighted by Crippen LogP contribution is 2.25. The minimum Gasteiger partial charge on any atom is -0.342 e. The van der Waals surface area contributed by atoms with E-state index in [2.05, 4.69) is 43.0 Å². The molecular weight excluding hydrogens is 374 g/mol. The van der Waals surface area contributed by atoms with Crippen molar-refractivity contribution in [2.75, 3.05) is 39.3 Å². The molecule has 166 valence electrons. The van der Waals surface area contributed by atoms with Gasteiger partial charge in [-0.1, -0.05) is 58.9 Å². The Morgan fingerprint density at radius 1 is 0.900 bits per heavy atom. The Kier molecular flexibility index (Phi) is 7.22. The molecule has 0 N–H and O–H groups in total. The van der Waals surface area contributed by atoms with Gasteiger partial charge in [0.15, 0.2) is 0 Å². The first-order valence-electron chi connectivity index (χ1n) is 11.5. The summed E-state index contributed by atoms with van der Waals surface area (Å²) in [5.74, 6) is 1.12. The molecule has 0 aromatic heterocycles. The summed E-state index contributed by atoms with van der Waals surface area (Å²) in [6.45, 7) is 16.2. The molecule has 2 aliphatic rings. The van der Waals surface area contributed by atoms with E-state index in [1.165, 1.54) is 11.1 Å². The van der Waals surface area contributed by atoms with Crippen LogP contribution in [0.1, 0.15) is 64.5 Å². The van der Waals surface area contributed by atoms with Gasteiger partial charge in [-0.15, -0.1) is 0 Å². The van der Waals surface area contributed by atoms with Crippen molar-refractivity contribution < 1.29 is 9.59 Å². The van der Waals surface area contributed by atoms with Crippen LogP contribution in [0.4, 0.5) is 0 Å². The number of nitrogens with zero attached hydrogens (tertiary/aromatic N) is 3. The van der Waals surface area contributed by atoms with Gasteiger partial charge >= 0.3 is 0 Å². The lowest BCUT2D eigenvalue weighted by atomic mass is 9.90. The van der Waals surface area contributed by atoms with Gasteiger partial charge in [0.2, 0.25) is 11.8 Å². The summed E-state index contributed by atoms with van der Waals surface area (Å²) < 4.78 is 0. The number of hydrogen-bond acceptors (Lipinski definition) is 3. The number of hydrogen-bond donors (Lipinski definition) is 0. The molecule has 5 heteroatoms. The molecule has 1 aromatic carbocycles. The third-order valence-corrected chi connectivity index (χ3v) is 6.51. The first kappa shape index (κ1) is 22.8. The van der Waals surface area contributed by atoms with Gasteiger partial charge in [-0.05, 0) is 29.9 Å². The van der Waals surface area contributed by atoms with E-state index in [-0.39, 0.29) is 17.2 Å². The summed E-state index contributed by atoms with van der Waals surface area (Å²) in [5, 5.41) is 0. The first-order valence-corrected chi connectivity index (χ1v) is 11.5. The Morgan fingerprint density at radius 2 is 1.47 bits per heavy atom. The number of benzene rings is 1. The third-order valence-electron chi connectivity index (χ3n) is 6.51. The zero-order chi connectivity index (χ0) is 21.9. The van der Waals surface area contributed by atoms with Crippen LogP contribution in [-0.4, -0.2) is 65.8 Å². The van der Waals surface area contributed by atoms with E-state index in [0.29, 0.717) is 24.9 Å². The van der Waals surface area contributed by atoms with E-state index in [4.69, 9.17) is 0 Å². The van der Waals surface area contributed by atoms with E-state index >= 15 is 0 Å². The molecule has 2 amide bonds. The highest BCUT2D eigenvalue weighted by atomic mass is 16.2. The lowest BCUT2D eigenvalue weighted by Gasteiger charge is -2.39. The lowest BCUT2D eigenvalue weighted by Crippen LogP contribution is -2.52. The summed E-state index contributed by atoms with van der Waals surface area (Å²) in [6.07, 6.45) is 1.59. The van der Waals surface area contributed by atoms with Gasteiger partial charge in [0.05, 0.1) is 0 Å². The fraction of sp³-hybridized carbons (Fsp3) is 0.680. The largest absolute Gasteiger partial charge is 0.342 e. The van der Waals surface area contributed by atoms with Gasteiger partial charge in [0.25, 0.3) is 0 Å². The highest BCUT2D eigenvalue weighted by molar-refractivity contribution is 5.82. The lowest BCUT2D eigenvalue weighted by molar-refractivity contribution is -0.145. The summed E-state index contributed by atoms with van der Waals surface area (Å²) in [7, 11) is 0. The van der Waals surface area contributed by atoms with Crippen molar-refractivity contribution >= 4 is 11.8 Å². The summed E-state index contributed by atoms with van der Waals surface area (Å²) in [6, 6.07) is 8.94. The molecule has 0 spiro atoms. The topological polar surface area (TPSA) is 43.9 Å². The Hall–Kier alpha value is -1.88. The van der Waals surface area contributed by atoms with Crippen molar-refractivity contribution in [1.82, 2.24) is 14.7 Å². The van der Waals surface area contributed by atoms with Crippen molar-refractivity contribution in [2.45, 2.75) is 59.9 Å². The standard InChI is InChI=1S/C25H39N3O2/c1-19(2)21-8-6-20(7-9-21)18-26-14-16-27(17-15-26)23(29)22-10-12-28(13-11-22)24(30)25(3,4)5/h6-9,19,22H,10-18H2,1-5H3. The second kappa shape index (κ2) is 9.51. The summed E-state index contributed by atoms with van der Waals surface area (Å²) in [5.41, 5.74) is 2.38. The number of piperidine rings is 1. The van der Waals surface area contributed by atoms with Gasteiger partial charge in [-0.3, -0.25) is 14.5 Å². The predicted molar refractivity (Wildman–Crippen MR) is 121 cm³/mol. The molecule has 1 aromatic rings. The van der Waals surface area contributed by atoms with Crippen LogP contribution in [0.25, 0.3) is 0 Å². The van der Waals surface area contributed by atoms with E-state index in [1.807, 2.05) is 30.6 Å². The van der Waals surface area contributed by atoms with E-state index in [0.717, 1.165) is 45.6 Å². The van der Waals surface area contributed by atoms with Crippen LogP contribution in [0.5, 0.6) is 0 Å². The number of likely N-dealkylation sites (tertiary alicyclic amines) is 1. The zero-order valence-corrected chi connectivity index (χ0v) is 19.5. The molecule has 2 heterocycles. The highest BCUT2D eigenvalue weighted by Gasteiger charge is 2.34. The van der Waals surface area contributed by atoms with Crippen molar-refractivity contribution in [3.8, 4) is 0 Å². The molecule has 0 bridgehead atoms. The van der Waals surface area contributed by atoms with Crippen LogP contribution in [0.3, 0.4) is 0 Å². The van der Waals surface area contributed by atoms with Crippen molar-refractivity contribution in [3.05, 3.63) is 35.4 Å². The Balaban J connectivity index is 1.44. The fourth-order valence-corrected chi connectivity index (χ4v) is 4.45. The van der Waals surface area contributed by atoms with Gasteiger partial charge in [-0.25, -0.2) is 0 Å². The molecular formula is C25H39N3O2. The molecule has 2 fully saturated rings. The molecule has 5 nitrogen and oxygen atoms in total. The van der Waals surface area contributed by atoms with Crippen LogP contribution < -0.4 is 0 Å². The van der Waals surface area contributed by atoms with Crippen molar-refractivity contribution in [1.29, 1.82) is 0 Å². The van der Waals surface area contributed by atoms with Crippen molar-refractivity contribution in [2.24, 2.45) is 11.3 Å². The minimum absolute atomic E-state index is 0.0733. The van der Waals surface area contributed by atoms with E-state index in [1.54, 1.807) is 0 Å². The SMILES string of the molecule is CC(C)c1ccc(CN2CCN(C(=O)C3CCN(C(=O)C(C)(C)C)CC3)CC2)cc1. The number of carbonyl (C=O) groups is 2. The van der Waals surface area contributed by atoms with Gasteiger partial charge in [0.1, 0.15) is 0 Å². The quantitative estimate of drug-likeness (QED) is 0.755. The third kappa shape index (κ3) is 5.63. The maximum absolute atomic E-state index is 13.0. The maximum Gasteiger partial charge on any atom is 0.227 e. The Morgan fingerprint density at radius 3 is 1.97 bits per heavy atom. The molecule has 0 saturated carbocycles. The Bertz CT molecular complexity index is 720. The first-order chi connectivity index (χ1) is 14.1. The van der Waals surface area contributed by atoms with Crippen molar-refractivity contribution in [3.63, 3.8) is 0 Å². The summed E-state index contributed by atoms with van der Waals surface area (Å²) in [4.78, 5) is 31.9. The molecule has 30 heavy (non-hydrogen) atoms. The summed E-state index contributed by atoms with van der Waals surface area (Å²) >= 11 is 0. The monoisotopic (exact) mass is 413 g/mol. The maximum atomic E-state index is 13.0.